The maximum absolute atomic E-state index is 12.2. The maximum atomic E-state index is 12.2. The molecule has 21 heavy (non-hydrogen) atoms. The highest BCUT2D eigenvalue weighted by atomic mass is 127. The van der Waals surface area contributed by atoms with Crippen molar-refractivity contribution in [3.05, 3.63) is 60.7 Å². The molecular formula is C15H11I2NO3. The van der Waals surface area contributed by atoms with Gasteiger partial charge >= 0.3 is 5.97 Å². The number of rotatable bonds is 3. The molecule has 6 heteroatoms. The molecule has 0 bridgehead atoms. The Kier molecular flexibility index (Phi) is 5.57. The summed E-state index contributed by atoms with van der Waals surface area (Å²) in [7, 11) is 1.33. The van der Waals surface area contributed by atoms with Crippen LogP contribution in [-0.4, -0.2) is 19.0 Å². The van der Waals surface area contributed by atoms with Gasteiger partial charge in [-0.2, -0.15) is 0 Å². The first-order valence-electron chi connectivity index (χ1n) is 5.95. The van der Waals surface area contributed by atoms with E-state index in [0.717, 1.165) is 7.14 Å². The summed E-state index contributed by atoms with van der Waals surface area (Å²) in [4.78, 5) is 23.5. The van der Waals surface area contributed by atoms with E-state index < -0.39 is 5.97 Å². The van der Waals surface area contributed by atoms with Crippen molar-refractivity contribution in [1.82, 2.24) is 0 Å². The largest absolute Gasteiger partial charge is 0.465 e. The summed E-state index contributed by atoms with van der Waals surface area (Å²) in [6, 6.07) is 12.2. The number of nitrogens with one attached hydrogen (secondary N) is 1. The van der Waals surface area contributed by atoms with E-state index in [0.29, 0.717) is 16.8 Å². The van der Waals surface area contributed by atoms with E-state index in [1.807, 2.05) is 18.2 Å². The van der Waals surface area contributed by atoms with E-state index in [-0.39, 0.29) is 5.91 Å². The van der Waals surface area contributed by atoms with Crippen molar-refractivity contribution in [2.75, 3.05) is 12.4 Å². The molecule has 1 amide bonds. The Morgan fingerprint density at radius 1 is 0.952 bits per heavy atom. The monoisotopic (exact) mass is 507 g/mol. The molecule has 0 saturated heterocycles. The van der Waals surface area contributed by atoms with Gasteiger partial charge in [0.05, 0.1) is 12.7 Å². The number of halogens is 2. The van der Waals surface area contributed by atoms with Gasteiger partial charge in [-0.15, -0.1) is 0 Å². The lowest BCUT2D eigenvalue weighted by Gasteiger charge is -2.07. The minimum atomic E-state index is -0.403. The summed E-state index contributed by atoms with van der Waals surface area (Å²) in [5.74, 6) is -0.586. The van der Waals surface area contributed by atoms with Crippen LogP contribution in [0.4, 0.5) is 5.69 Å². The highest BCUT2D eigenvalue weighted by Gasteiger charge is 2.09. The Bertz CT molecular complexity index is 664. The molecule has 2 aromatic rings. The molecule has 1 N–H and O–H groups in total. The molecule has 0 fully saturated rings. The summed E-state index contributed by atoms with van der Waals surface area (Å²) < 4.78 is 6.64. The number of carbonyl (C=O) groups is 2. The lowest BCUT2D eigenvalue weighted by atomic mass is 10.2. The van der Waals surface area contributed by atoms with Crippen LogP contribution in [0.15, 0.2) is 42.5 Å². The van der Waals surface area contributed by atoms with Crippen LogP contribution >= 0.6 is 45.2 Å². The molecule has 2 rings (SSSR count). The lowest BCUT2D eigenvalue weighted by molar-refractivity contribution is 0.0600. The van der Waals surface area contributed by atoms with Crippen LogP contribution in [0.5, 0.6) is 0 Å². The van der Waals surface area contributed by atoms with Gasteiger partial charge in [0.2, 0.25) is 0 Å². The van der Waals surface area contributed by atoms with E-state index in [1.165, 1.54) is 7.11 Å². The van der Waals surface area contributed by atoms with Crippen molar-refractivity contribution in [2.24, 2.45) is 0 Å². The van der Waals surface area contributed by atoms with Gasteiger partial charge < -0.3 is 10.1 Å². The minimum absolute atomic E-state index is 0.183. The zero-order valence-corrected chi connectivity index (χ0v) is 15.3. The molecule has 2 aromatic carbocycles. The van der Waals surface area contributed by atoms with Crippen LogP contribution < -0.4 is 5.32 Å². The Hall–Kier alpha value is -1.16. The first-order chi connectivity index (χ1) is 9.99. The molecule has 4 nitrogen and oxygen atoms in total. The third-order valence-corrected chi connectivity index (χ3v) is 3.93. The summed E-state index contributed by atoms with van der Waals surface area (Å²) in [6.07, 6.45) is 0. The number of hydrogen-bond acceptors (Lipinski definition) is 3. The Labute approximate surface area is 149 Å². The molecule has 0 aromatic heterocycles. The first kappa shape index (κ1) is 16.2. The second-order valence-corrected chi connectivity index (χ2v) is 6.67. The van der Waals surface area contributed by atoms with Crippen LogP contribution in [0, 0.1) is 7.14 Å². The molecule has 0 atom stereocenters. The molecule has 0 aliphatic carbocycles. The molecule has 108 valence electrons. The first-order valence-corrected chi connectivity index (χ1v) is 8.11. The standard InChI is InChI=1S/C15H11I2NO3/c1-21-15(20)9-2-4-13(5-3-9)18-14(19)10-6-11(16)8-12(17)7-10/h2-8H,1H3,(H,18,19). The number of methoxy groups -OCH3 is 1. The average Bonchev–Trinajstić information content (AvgIpc) is 2.46. The second-order valence-electron chi connectivity index (χ2n) is 4.18. The topological polar surface area (TPSA) is 55.4 Å². The summed E-state index contributed by atoms with van der Waals surface area (Å²) >= 11 is 4.35. The molecular weight excluding hydrogens is 496 g/mol. The van der Waals surface area contributed by atoms with Gasteiger partial charge in [0.25, 0.3) is 5.91 Å². The van der Waals surface area contributed by atoms with Crippen LogP contribution in [0.3, 0.4) is 0 Å². The zero-order valence-electron chi connectivity index (χ0n) is 11.0. The van der Waals surface area contributed by atoms with Crippen LogP contribution in [0.1, 0.15) is 20.7 Å². The van der Waals surface area contributed by atoms with Crippen LogP contribution in [0.25, 0.3) is 0 Å². The minimum Gasteiger partial charge on any atom is -0.465 e. The summed E-state index contributed by atoms with van der Waals surface area (Å²) in [5.41, 5.74) is 1.67. The highest BCUT2D eigenvalue weighted by Crippen LogP contribution is 2.17. The number of ether oxygens (including phenoxy) is 1. The quantitative estimate of drug-likeness (QED) is 0.507. The van der Waals surface area contributed by atoms with E-state index in [9.17, 15) is 9.59 Å². The zero-order chi connectivity index (χ0) is 15.4. The Morgan fingerprint density at radius 2 is 1.52 bits per heavy atom. The van der Waals surface area contributed by atoms with Gasteiger partial charge in [0.1, 0.15) is 0 Å². The van der Waals surface area contributed by atoms with E-state index in [1.54, 1.807) is 24.3 Å². The molecule has 0 unspecified atom stereocenters. The van der Waals surface area contributed by atoms with E-state index in [4.69, 9.17) is 0 Å². The van der Waals surface area contributed by atoms with Gasteiger partial charge in [0, 0.05) is 18.4 Å². The van der Waals surface area contributed by atoms with Crippen molar-refractivity contribution in [3.63, 3.8) is 0 Å². The normalized spacial score (nSPS) is 10.0. The third kappa shape index (κ3) is 4.40. The molecule has 0 aliphatic heterocycles. The van der Waals surface area contributed by atoms with Gasteiger partial charge in [0.15, 0.2) is 0 Å². The van der Waals surface area contributed by atoms with Gasteiger partial charge in [-0.3, -0.25) is 4.79 Å². The van der Waals surface area contributed by atoms with Crippen LogP contribution in [0.2, 0.25) is 0 Å². The van der Waals surface area contributed by atoms with Crippen LogP contribution in [-0.2, 0) is 4.74 Å². The molecule has 0 heterocycles. The third-order valence-electron chi connectivity index (χ3n) is 2.69. The van der Waals surface area contributed by atoms with Crippen molar-refractivity contribution >= 4 is 62.7 Å². The maximum Gasteiger partial charge on any atom is 0.337 e. The van der Waals surface area contributed by atoms with Crippen molar-refractivity contribution < 1.29 is 14.3 Å². The second kappa shape index (κ2) is 7.21. The predicted molar refractivity (Wildman–Crippen MR) is 97.6 cm³/mol. The van der Waals surface area contributed by atoms with Gasteiger partial charge in [-0.05, 0) is 87.6 Å². The number of hydrogen-bond donors (Lipinski definition) is 1. The summed E-state index contributed by atoms with van der Waals surface area (Å²) in [5, 5.41) is 2.80. The lowest BCUT2D eigenvalue weighted by Crippen LogP contribution is -2.12. The number of anilines is 1. The van der Waals surface area contributed by atoms with E-state index in [2.05, 4.69) is 55.2 Å². The van der Waals surface area contributed by atoms with Crippen molar-refractivity contribution in [2.45, 2.75) is 0 Å². The predicted octanol–water partition coefficient (Wildman–Crippen LogP) is 3.93. The summed E-state index contributed by atoms with van der Waals surface area (Å²) in [6.45, 7) is 0. The molecule has 0 aliphatic rings. The van der Waals surface area contributed by atoms with Crippen molar-refractivity contribution in [3.8, 4) is 0 Å². The number of amides is 1. The Morgan fingerprint density at radius 3 is 2.05 bits per heavy atom. The number of benzene rings is 2. The Balaban J connectivity index is 2.14. The van der Waals surface area contributed by atoms with Gasteiger partial charge in [-0.25, -0.2) is 4.79 Å². The van der Waals surface area contributed by atoms with Gasteiger partial charge in [-0.1, -0.05) is 0 Å². The average molecular weight is 507 g/mol. The molecule has 0 spiro atoms. The van der Waals surface area contributed by atoms with E-state index >= 15 is 0 Å². The molecule has 0 saturated carbocycles. The molecule has 0 radical (unpaired) electrons. The highest BCUT2D eigenvalue weighted by molar-refractivity contribution is 14.1. The smallest absolute Gasteiger partial charge is 0.337 e. The SMILES string of the molecule is COC(=O)c1ccc(NC(=O)c2cc(I)cc(I)c2)cc1. The number of esters is 1. The number of carbonyl (C=O) groups excluding carboxylic acids is 2. The fraction of sp³-hybridized carbons (Fsp3) is 0.0667. The fourth-order valence-electron chi connectivity index (χ4n) is 1.70. The van der Waals surface area contributed by atoms with Crippen molar-refractivity contribution in [1.29, 1.82) is 0 Å². The fourth-order valence-corrected chi connectivity index (χ4v) is 3.63.